The fourth-order valence-electron chi connectivity index (χ4n) is 7.60. The van der Waals surface area contributed by atoms with Crippen LogP contribution in [0.3, 0.4) is 0 Å². The Bertz CT molecular complexity index is 1720. The second-order valence-corrected chi connectivity index (χ2v) is 15.7. The van der Waals surface area contributed by atoms with Gasteiger partial charge in [0.2, 0.25) is 0 Å². The minimum atomic E-state index is -5.62. The number of alkyl halides is 10. The Hall–Kier alpha value is -4.04. The van der Waals surface area contributed by atoms with E-state index in [0.29, 0.717) is 55.7 Å². The molecular formula is C40H51F10N5O5. The predicted octanol–water partition coefficient (Wildman–Crippen LogP) is 7.00. The number of nitrogens with zero attached hydrogens (tertiary/aromatic N) is 4. The number of nitrogens with one attached hydrogen (secondary N) is 1. The largest absolute Gasteiger partial charge is 0.497 e. The second-order valence-electron chi connectivity index (χ2n) is 15.7. The molecule has 0 aromatic heterocycles. The van der Waals surface area contributed by atoms with Crippen molar-refractivity contribution in [2.45, 2.75) is 62.2 Å². The van der Waals surface area contributed by atoms with E-state index >= 15 is 0 Å². The standard InChI is InChI=1S/C33H40F5N3O5.C7H11F5N2/c1-45-25-7-8-27(31(44)41-15-13-39(14-16-41)21-32(34,35)33(36,37)38)29(18-25)40-11-9-22(10-12-40)20-46-26-4-2-3-24(17-26)28(19-30(42)43)23-5-6-23;8-6(9,7(10,11)12)5-14-3-1-13-2-4-14/h2-4,7-8,17-18,22-23,28H,5-6,9-16,19-21H2,1H3,(H,42,43);13H,1-5H2. The third-order valence-corrected chi connectivity index (χ3v) is 11.3. The molecule has 3 saturated heterocycles. The highest BCUT2D eigenvalue weighted by atomic mass is 19.4. The smallest absolute Gasteiger partial charge is 0.454 e. The van der Waals surface area contributed by atoms with E-state index in [4.69, 9.17) is 9.47 Å². The molecule has 3 aliphatic heterocycles. The molecule has 3 heterocycles. The second kappa shape index (κ2) is 19.8. The Morgan fingerprint density at radius 3 is 1.87 bits per heavy atom. The number of anilines is 1. The van der Waals surface area contributed by atoms with E-state index in [1.54, 1.807) is 18.2 Å². The van der Waals surface area contributed by atoms with E-state index in [1.807, 2.05) is 24.3 Å². The van der Waals surface area contributed by atoms with Gasteiger partial charge >= 0.3 is 30.2 Å². The summed E-state index contributed by atoms with van der Waals surface area (Å²) >= 11 is 0. The fraction of sp³-hybridized carbons (Fsp3) is 0.650. The number of carbonyl (C=O) groups excluding carboxylic acids is 1. The summed E-state index contributed by atoms with van der Waals surface area (Å²) in [6.07, 6.45) is -7.25. The average molecular weight is 872 g/mol. The molecule has 1 amide bonds. The van der Waals surface area contributed by atoms with Crippen molar-refractivity contribution in [1.82, 2.24) is 20.0 Å². The van der Waals surface area contributed by atoms with E-state index < -0.39 is 43.3 Å². The van der Waals surface area contributed by atoms with Crippen LogP contribution in [0.15, 0.2) is 42.5 Å². The maximum Gasteiger partial charge on any atom is 0.454 e. The van der Waals surface area contributed by atoms with Gasteiger partial charge in [0.15, 0.2) is 0 Å². The number of piperazine rings is 2. The number of aliphatic carboxylic acids is 1. The molecule has 0 bridgehead atoms. The molecular weight excluding hydrogens is 820 g/mol. The van der Waals surface area contributed by atoms with Crippen LogP contribution in [-0.4, -0.2) is 148 Å². The van der Waals surface area contributed by atoms with Crippen molar-refractivity contribution in [3.63, 3.8) is 0 Å². The Balaban J connectivity index is 0.000000413. The van der Waals surface area contributed by atoms with E-state index in [1.165, 1.54) is 12.0 Å². The summed E-state index contributed by atoms with van der Waals surface area (Å²) in [5.74, 6) is -8.57. The van der Waals surface area contributed by atoms with Gasteiger partial charge in [0, 0.05) is 71.5 Å². The third-order valence-electron chi connectivity index (χ3n) is 11.3. The molecule has 0 radical (unpaired) electrons. The summed E-state index contributed by atoms with van der Waals surface area (Å²) in [4.78, 5) is 30.7. The molecule has 0 spiro atoms. The van der Waals surface area contributed by atoms with Crippen LogP contribution >= 0.6 is 0 Å². The van der Waals surface area contributed by atoms with Crippen molar-refractivity contribution < 1.29 is 68.1 Å². The molecule has 1 unspecified atom stereocenters. The summed E-state index contributed by atoms with van der Waals surface area (Å²) in [5.41, 5.74) is 2.10. The molecule has 1 saturated carbocycles. The molecule has 6 rings (SSSR count). The van der Waals surface area contributed by atoms with Crippen molar-refractivity contribution >= 4 is 17.6 Å². The minimum Gasteiger partial charge on any atom is -0.497 e. The highest BCUT2D eigenvalue weighted by Gasteiger charge is 2.59. The quantitative estimate of drug-likeness (QED) is 0.195. The van der Waals surface area contributed by atoms with Gasteiger partial charge in [0.05, 0.1) is 44.5 Å². The number of carboxylic acid groups (broad SMARTS) is 1. The molecule has 4 fully saturated rings. The monoisotopic (exact) mass is 871 g/mol. The van der Waals surface area contributed by atoms with Crippen molar-refractivity contribution in [3.8, 4) is 11.5 Å². The molecule has 60 heavy (non-hydrogen) atoms. The molecule has 1 atom stereocenters. The normalized spacial score (nSPS) is 19.6. The lowest BCUT2D eigenvalue weighted by molar-refractivity contribution is -0.287. The first-order valence-electron chi connectivity index (χ1n) is 19.9. The zero-order valence-electron chi connectivity index (χ0n) is 33.2. The molecule has 2 aromatic rings. The molecule has 20 heteroatoms. The first-order chi connectivity index (χ1) is 28.2. The Morgan fingerprint density at radius 1 is 0.750 bits per heavy atom. The van der Waals surface area contributed by atoms with Crippen LogP contribution in [-0.2, 0) is 4.79 Å². The SMILES string of the molecule is COc1ccc(C(=O)N2CCN(CC(F)(F)C(F)(F)F)CC2)c(N2CCC(COc3cccc(C(CC(=O)O)C4CC4)c3)CC2)c1.FC(F)(F)C(F)(F)CN1CCNCC1. The number of hydrogen-bond acceptors (Lipinski definition) is 8. The maximum atomic E-state index is 13.6. The predicted molar refractivity (Wildman–Crippen MR) is 201 cm³/mol. The topological polar surface area (TPSA) is 97.8 Å². The van der Waals surface area contributed by atoms with Crippen LogP contribution in [0.1, 0.15) is 53.9 Å². The number of methoxy groups -OCH3 is 1. The van der Waals surface area contributed by atoms with Crippen molar-refractivity contribution in [1.29, 1.82) is 0 Å². The highest BCUT2D eigenvalue weighted by Crippen LogP contribution is 2.45. The number of halogens is 10. The van der Waals surface area contributed by atoms with Gasteiger partial charge in [-0.3, -0.25) is 19.4 Å². The fourth-order valence-corrected chi connectivity index (χ4v) is 7.60. The zero-order chi connectivity index (χ0) is 43.9. The van der Waals surface area contributed by atoms with Crippen molar-refractivity contribution in [3.05, 3.63) is 53.6 Å². The number of piperidine rings is 1. The van der Waals surface area contributed by atoms with Gasteiger partial charge in [-0.15, -0.1) is 0 Å². The number of ether oxygens (including phenoxy) is 2. The molecule has 4 aliphatic rings. The number of amides is 1. The molecule has 336 valence electrons. The molecule has 2 N–H and O–H groups in total. The van der Waals surface area contributed by atoms with Crippen LogP contribution in [0.25, 0.3) is 0 Å². The lowest BCUT2D eigenvalue weighted by Crippen LogP contribution is -2.54. The molecule has 10 nitrogen and oxygen atoms in total. The summed E-state index contributed by atoms with van der Waals surface area (Å²) in [7, 11) is 1.53. The number of carboxylic acids is 1. The Morgan fingerprint density at radius 2 is 1.33 bits per heavy atom. The van der Waals surface area contributed by atoms with Gasteiger partial charge in [-0.2, -0.15) is 43.9 Å². The van der Waals surface area contributed by atoms with Gasteiger partial charge in [0.25, 0.3) is 5.91 Å². The number of rotatable bonds is 14. The average Bonchev–Trinajstić information content (AvgIpc) is 4.04. The van der Waals surface area contributed by atoms with E-state index in [2.05, 4.69) is 10.2 Å². The van der Waals surface area contributed by atoms with Crippen LogP contribution in [0.4, 0.5) is 49.6 Å². The number of hydrogen-bond donors (Lipinski definition) is 2. The minimum absolute atomic E-state index is 0.00735. The van der Waals surface area contributed by atoms with Crippen LogP contribution in [0.5, 0.6) is 11.5 Å². The zero-order valence-corrected chi connectivity index (χ0v) is 33.2. The van der Waals surface area contributed by atoms with Gasteiger partial charge in [-0.25, -0.2) is 0 Å². The summed E-state index contributed by atoms with van der Waals surface area (Å²) in [6, 6.07) is 12.9. The van der Waals surface area contributed by atoms with Crippen molar-refractivity contribution in [2.75, 3.05) is 97.2 Å². The summed E-state index contributed by atoms with van der Waals surface area (Å²) in [6.45, 7) is 0.420. The molecule has 2 aromatic carbocycles. The first-order valence-corrected chi connectivity index (χ1v) is 19.9. The summed E-state index contributed by atoms with van der Waals surface area (Å²) in [5, 5.41) is 12.2. The number of carbonyl (C=O) groups is 2. The maximum absolute atomic E-state index is 13.6. The van der Waals surface area contributed by atoms with Crippen molar-refractivity contribution in [2.24, 2.45) is 11.8 Å². The lowest BCUT2D eigenvalue weighted by atomic mass is 9.91. The number of benzene rings is 2. The van der Waals surface area contributed by atoms with E-state index in [9.17, 15) is 58.6 Å². The molecule has 1 aliphatic carbocycles. The Labute approximate surface area is 341 Å². The lowest BCUT2D eigenvalue weighted by Gasteiger charge is -2.38. The van der Waals surface area contributed by atoms with E-state index in [-0.39, 0.29) is 63.4 Å². The van der Waals surface area contributed by atoms with E-state index in [0.717, 1.165) is 46.8 Å². The van der Waals surface area contributed by atoms with Crippen LogP contribution < -0.4 is 19.7 Å². The first kappa shape index (κ1) is 47.0. The van der Waals surface area contributed by atoms with Gasteiger partial charge in [-0.05, 0) is 73.3 Å². The summed E-state index contributed by atoms with van der Waals surface area (Å²) < 4.78 is 137. The van der Waals surface area contributed by atoms with Crippen LogP contribution in [0.2, 0.25) is 0 Å². The van der Waals surface area contributed by atoms with Crippen LogP contribution in [0, 0.1) is 11.8 Å². The third kappa shape index (κ3) is 12.7. The highest BCUT2D eigenvalue weighted by molar-refractivity contribution is 6.00. The Kier molecular flexibility index (Phi) is 15.5. The van der Waals surface area contributed by atoms with Gasteiger partial charge in [0.1, 0.15) is 11.5 Å². The van der Waals surface area contributed by atoms with Gasteiger partial charge < -0.3 is 29.7 Å². The van der Waals surface area contributed by atoms with Gasteiger partial charge in [-0.1, -0.05) is 12.1 Å².